The number of piperidine rings is 3. The van der Waals surface area contributed by atoms with Crippen molar-refractivity contribution in [2.45, 2.75) is 99.9 Å². The molecular weight excluding hydrogens is 1330 g/mol. The van der Waals surface area contributed by atoms with E-state index < -0.39 is 68.8 Å². The second-order valence-corrected chi connectivity index (χ2v) is 28.2. The van der Waals surface area contributed by atoms with Crippen molar-refractivity contribution in [2.75, 3.05) is 52.6 Å². The van der Waals surface area contributed by atoms with Crippen LogP contribution in [0.3, 0.4) is 0 Å². The number of carbonyl (C=O) groups excluding carboxylic acids is 3. The Kier molecular flexibility index (Phi) is 18.2. The van der Waals surface area contributed by atoms with Gasteiger partial charge in [0, 0.05) is 132 Å². The molecule has 3 aromatic heterocycles. The van der Waals surface area contributed by atoms with Crippen LogP contribution in [0.25, 0.3) is 22.6 Å². The summed E-state index contributed by atoms with van der Waals surface area (Å²) in [5, 5.41) is 5.25. The molecule has 6 aromatic carbocycles. The maximum atomic E-state index is 14.1. The Labute approximate surface area is 573 Å². The van der Waals surface area contributed by atoms with Crippen LogP contribution >= 0.6 is 11.6 Å². The molecule has 516 valence electrons. The summed E-state index contributed by atoms with van der Waals surface area (Å²) in [5.41, 5.74) is 6.74. The van der Waals surface area contributed by atoms with E-state index in [1.165, 1.54) is 41.5 Å². The van der Waals surface area contributed by atoms with Gasteiger partial charge in [-0.2, -0.15) is 22.7 Å². The highest BCUT2D eigenvalue weighted by molar-refractivity contribution is 7.90. The fourth-order valence-electron chi connectivity index (χ4n) is 14.5. The molecule has 18 nitrogen and oxygen atoms in total. The fourth-order valence-corrected chi connectivity index (χ4v) is 15.5. The standard InChI is InChI=1S/C27H29ClN2O3.C24H22F2N2O5S.C23H20F3N3O3/c1-18-16-19(7-9-21(18)26(2,3)32-4)25(31)29-14-11-27(12-15-29)24-6-5-13-30(24)22-10-8-20(28)17-23(22)33-27;1-34(30,31)21-11-10-20-24(33-19-9-5-3-7-17(19)28(20)21)12-14-27(15-13-24)22(29)16-6-2-4-8-18(16)32-23(25)26;1-28-19-14-5-2-3-8-18(14)32-23(16(19)13-27-28)9-11-29(12-10-23)21(30)15-6-4-7-17(24)20(15)31-22(25)26/h5-10,13,16-17H,11-12,14-15H2,1-4H3;2-11,23H,12-15H2,1H3;2-8,13,22H,9-12H2,1H3. The van der Waals surface area contributed by atoms with E-state index in [-0.39, 0.29) is 27.8 Å². The van der Waals surface area contributed by atoms with Crippen LogP contribution in [0.5, 0.6) is 28.7 Å². The molecule has 15 rings (SSSR count). The van der Waals surface area contributed by atoms with Gasteiger partial charge in [0.05, 0.1) is 51.4 Å². The minimum atomic E-state index is -3.51. The molecule has 9 aromatic rings. The number of hydrogen-bond acceptors (Lipinski definition) is 12. The van der Waals surface area contributed by atoms with Crippen LogP contribution in [-0.4, -0.2) is 126 Å². The second kappa shape index (κ2) is 26.5. The number of fused-ring (bicyclic) bond motifs is 12. The number of halogens is 6. The van der Waals surface area contributed by atoms with Crippen LogP contribution in [0.1, 0.15) is 112 Å². The molecule has 0 aliphatic carbocycles. The van der Waals surface area contributed by atoms with Crippen molar-refractivity contribution in [1.29, 1.82) is 0 Å². The number of benzene rings is 6. The number of nitrogens with zero attached hydrogens (tertiary/aromatic N) is 7. The molecule has 3 spiro atoms. The Morgan fingerprint density at radius 2 is 1.20 bits per heavy atom. The lowest BCUT2D eigenvalue weighted by atomic mass is 9.81. The normalized spacial score (nSPS) is 16.6. The topological polar surface area (TPSA) is 178 Å². The van der Waals surface area contributed by atoms with E-state index in [0.717, 1.165) is 69.7 Å². The van der Waals surface area contributed by atoms with E-state index in [0.29, 0.717) is 92.7 Å². The van der Waals surface area contributed by atoms with E-state index in [1.54, 1.807) is 53.1 Å². The number of para-hydroxylation sites is 5. The van der Waals surface area contributed by atoms with Gasteiger partial charge in [0.2, 0.25) is 0 Å². The van der Waals surface area contributed by atoms with E-state index in [4.69, 9.17) is 30.5 Å². The van der Waals surface area contributed by atoms with Crippen molar-refractivity contribution < 1.29 is 73.2 Å². The lowest BCUT2D eigenvalue weighted by molar-refractivity contribution is -0.0530. The predicted molar refractivity (Wildman–Crippen MR) is 358 cm³/mol. The number of ether oxygens (including phenoxy) is 6. The largest absolute Gasteiger partial charge is 0.482 e. The predicted octanol–water partition coefficient (Wildman–Crippen LogP) is 14.2. The molecule has 9 heterocycles. The Hall–Kier alpha value is -9.65. The molecule has 25 heteroatoms. The van der Waals surface area contributed by atoms with Gasteiger partial charge in [-0.05, 0) is 129 Å². The highest BCUT2D eigenvalue weighted by atomic mass is 35.5. The van der Waals surface area contributed by atoms with E-state index in [1.807, 2.05) is 116 Å². The summed E-state index contributed by atoms with van der Waals surface area (Å²) >= 11 is 6.25. The van der Waals surface area contributed by atoms with Crippen LogP contribution in [-0.2, 0) is 44.0 Å². The SMILES string of the molecule is COC(C)(C)c1ccc(C(=O)N2CCC3(CC2)Oc2cc(Cl)ccc2-n2cccc23)cc1C.CS(=O)(=O)c1ccc2n1-c1ccccc1OC21CCN(C(=O)c2ccccc2OC(F)F)CC1.Cn1ncc2c1-c1ccccc1OC21CCN(C(=O)c2cccc(F)c2OC(F)F)CC1. The highest BCUT2D eigenvalue weighted by Gasteiger charge is 2.49. The molecule has 0 unspecified atom stereocenters. The fraction of sp³-hybridized carbons (Fsp3) is 0.324. The zero-order valence-electron chi connectivity index (χ0n) is 55.0. The van der Waals surface area contributed by atoms with Crippen molar-refractivity contribution in [3.63, 3.8) is 0 Å². The molecule has 0 saturated carbocycles. The van der Waals surface area contributed by atoms with Gasteiger partial charge in [0.15, 0.2) is 32.6 Å². The van der Waals surface area contributed by atoms with Crippen molar-refractivity contribution >= 4 is 39.2 Å². The van der Waals surface area contributed by atoms with Gasteiger partial charge >= 0.3 is 13.2 Å². The van der Waals surface area contributed by atoms with Gasteiger partial charge in [-0.1, -0.05) is 60.1 Å². The highest BCUT2D eigenvalue weighted by Crippen LogP contribution is 2.51. The van der Waals surface area contributed by atoms with Gasteiger partial charge in [-0.15, -0.1) is 0 Å². The van der Waals surface area contributed by atoms with Gasteiger partial charge < -0.3 is 47.7 Å². The number of aryl methyl sites for hydroxylation is 2. The molecule has 6 aliphatic heterocycles. The van der Waals surface area contributed by atoms with Crippen molar-refractivity contribution in [1.82, 2.24) is 33.6 Å². The van der Waals surface area contributed by atoms with Gasteiger partial charge in [-0.3, -0.25) is 23.6 Å². The molecule has 0 atom stereocenters. The van der Waals surface area contributed by atoms with Crippen LogP contribution in [0, 0.1) is 12.7 Å². The van der Waals surface area contributed by atoms with Crippen molar-refractivity contribution in [3.8, 4) is 51.4 Å². The third kappa shape index (κ3) is 12.7. The smallest absolute Gasteiger partial charge is 0.387 e. The number of likely N-dealkylation sites (tertiary alicyclic amines) is 3. The first-order valence-corrected chi connectivity index (χ1v) is 34.6. The lowest BCUT2D eigenvalue weighted by Gasteiger charge is -2.45. The summed E-state index contributed by atoms with van der Waals surface area (Å²) in [4.78, 5) is 44.5. The molecule has 0 bridgehead atoms. The van der Waals surface area contributed by atoms with Gasteiger partial charge in [-0.25, -0.2) is 12.8 Å². The summed E-state index contributed by atoms with van der Waals surface area (Å²) in [6, 6.07) is 43.6. The van der Waals surface area contributed by atoms with E-state index in [2.05, 4.69) is 31.4 Å². The Morgan fingerprint density at radius 3 is 1.87 bits per heavy atom. The van der Waals surface area contributed by atoms with Crippen LogP contribution in [0.4, 0.5) is 22.0 Å². The maximum absolute atomic E-state index is 14.1. The van der Waals surface area contributed by atoms with Crippen LogP contribution in [0.2, 0.25) is 5.02 Å². The number of alkyl halides is 4. The Balaban J connectivity index is 0.000000133. The Bertz CT molecular complexity index is 4700. The maximum Gasteiger partial charge on any atom is 0.387 e. The van der Waals surface area contributed by atoms with Gasteiger partial charge in [0.25, 0.3) is 17.7 Å². The molecule has 0 N–H and O–H groups in total. The molecule has 3 amide bonds. The van der Waals surface area contributed by atoms with E-state index in [9.17, 15) is 44.8 Å². The lowest BCUT2D eigenvalue weighted by Crippen LogP contribution is -2.50. The number of sulfone groups is 1. The Morgan fingerprint density at radius 1 is 0.616 bits per heavy atom. The summed E-state index contributed by atoms with van der Waals surface area (Å²) in [7, 11) is 0.0770. The van der Waals surface area contributed by atoms with E-state index >= 15 is 0 Å². The molecule has 0 radical (unpaired) electrons. The zero-order valence-corrected chi connectivity index (χ0v) is 56.6. The first kappa shape index (κ1) is 67.9. The van der Waals surface area contributed by atoms with Crippen LogP contribution < -0.4 is 23.7 Å². The minimum absolute atomic E-state index is 0.0596. The number of rotatable bonds is 10. The average molecular weight is 1400 g/mol. The first-order valence-electron chi connectivity index (χ1n) is 32.3. The number of carbonyl (C=O) groups is 3. The average Bonchev–Trinajstić information content (AvgIpc) is 1.72. The number of methoxy groups -OCH3 is 1. The molecular formula is C74H71ClF5N7O11S. The summed E-state index contributed by atoms with van der Waals surface area (Å²) < 4.78 is 130. The molecule has 6 aliphatic rings. The summed E-state index contributed by atoms with van der Waals surface area (Å²) in [5.74, 6) is -0.707. The quantitative estimate of drug-likeness (QED) is 0.119. The third-order valence-electron chi connectivity index (χ3n) is 19.6. The van der Waals surface area contributed by atoms with Crippen molar-refractivity contribution in [3.05, 3.63) is 220 Å². The third-order valence-corrected chi connectivity index (χ3v) is 20.9. The van der Waals surface area contributed by atoms with Crippen LogP contribution in [0.15, 0.2) is 169 Å². The monoisotopic (exact) mass is 1400 g/mol. The van der Waals surface area contributed by atoms with Crippen molar-refractivity contribution in [2.24, 2.45) is 7.05 Å². The second-order valence-electron chi connectivity index (χ2n) is 25.8. The van der Waals surface area contributed by atoms with Gasteiger partial charge in [0.1, 0.15) is 33.6 Å². The molecule has 3 saturated heterocycles. The summed E-state index contributed by atoms with van der Waals surface area (Å²) in [6.07, 6.45) is 8.24. The zero-order chi connectivity index (χ0) is 69.9. The number of hydrogen-bond donors (Lipinski definition) is 0. The minimum Gasteiger partial charge on any atom is -0.482 e. The summed E-state index contributed by atoms with van der Waals surface area (Å²) in [6.45, 7) is 2.29. The number of amides is 3. The first-order chi connectivity index (χ1) is 47.3. The number of aromatic nitrogens is 4. The molecule has 99 heavy (non-hydrogen) atoms. The molecule has 3 fully saturated rings.